The van der Waals surface area contributed by atoms with Crippen molar-refractivity contribution in [2.24, 2.45) is 0 Å². The first-order chi connectivity index (χ1) is 7.26. The molecule has 16 heavy (non-hydrogen) atoms. The van der Waals surface area contributed by atoms with Crippen molar-refractivity contribution in [3.63, 3.8) is 0 Å². The Kier molecular flexibility index (Phi) is 3.36. The van der Waals surface area contributed by atoms with Crippen LogP contribution in [-0.2, 0) is 0 Å². The fourth-order valence-corrected chi connectivity index (χ4v) is 1.32. The predicted octanol–water partition coefficient (Wildman–Crippen LogP) is 4.09. The van der Waals surface area contributed by atoms with Crippen LogP contribution in [0.3, 0.4) is 0 Å². The normalized spacial score (nSPS) is 11.4. The Morgan fingerprint density at radius 2 is 1.88 bits per heavy atom. The predicted molar refractivity (Wildman–Crippen MR) is 61.6 cm³/mol. The lowest BCUT2D eigenvalue weighted by Crippen LogP contribution is -2.24. The third-order valence-corrected chi connectivity index (χ3v) is 2.09. The lowest BCUT2D eigenvalue weighted by atomic mass is 10.1. The van der Waals surface area contributed by atoms with Gasteiger partial charge in [-0.3, -0.25) is 0 Å². The van der Waals surface area contributed by atoms with E-state index in [1.807, 2.05) is 0 Å². The minimum Gasteiger partial charge on any atom is -0.482 e. The minimum atomic E-state index is -0.701. The van der Waals surface area contributed by atoms with E-state index in [0.29, 0.717) is 11.1 Å². The van der Waals surface area contributed by atoms with E-state index in [0.717, 1.165) is 0 Å². The molecule has 0 saturated carbocycles. The van der Waals surface area contributed by atoms with Gasteiger partial charge in [0.15, 0.2) is 17.4 Å². The summed E-state index contributed by atoms with van der Waals surface area (Å²) in [7, 11) is 0. The maximum atomic E-state index is 13.8. The molecule has 0 fully saturated rings. The molecule has 1 aromatic rings. The molecule has 0 N–H and O–H groups in total. The topological polar surface area (TPSA) is 9.23 Å². The average molecular weight is 226 g/mol. The number of rotatable bonds is 2. The quantitative estimate of drug-likeness (QED) is 0.737. The van der Waals surface area contributed by atoms with Crippen LogP contribution in [0.4, 0.5) is 8.78 Å². The molecule has 0 spiro atoms. The van der Waals surface area contributed by atoms with Crippen LogP contribution in [0.15, 0.2) is 12.6 Å². The average Bonchev–Trinajstić information content (AvgIpc) is 2.17. The summed E-state index contributed by atoms with van der Waals surface area (Å²) in [5, 5.41) is 0. The van der Waals surface area contributed by atoms with Crippen LogP contribution in [0.25, 0.3) is 6.08 Å². The second kappa shape index (κ2) is 4.24. The molecule has 0 bridgehead atoms. The van der Waals surface area contributed by atoms with Gasteiger partial charge in [-0.05, 0) is 44.9 Å². The molecule has 0 aliphatic rings. The van der Waals surface area contributed by atoms with Gasteiger partial charge in [-0.15, -0.1) is 0 Å². The van der Waals surface area contributed by atoms with Gasteiger partial charge in [0.2, 0.25) is 0 Å². The highest BCUT2D eigenvalue weighted by molar-refractivity contribution is 5.54. The molecule has 1 rings (SSSR count). The van der Waals surface area contributed by atoms with Crippen molar-refractivity contribution < 1.29 is 13.5 Å². The summed E-state index contributed by atoms with van der Waals surface area (Å²) >= 11 is 0. The van der Waals surface area contributed by atoms with Crippen LogP contribution in [0.5, 0.6) is 5.75 Å². The van der Waals surface area contributed by atoms with Gasteiger partial charge in [-0.25, -0.2) is 8.78 Å². The fraction of sp³-hybridized carbons (Fsp3) is 0.385. The first kappa shape index (κ1) is 12.7. The molecule has 0 amide bonds. The molecule has 3 heteroatoms. The maximum Gasteiger partial charge on any atom is 0.191 e. The summed E-state index contributed by atoms with van der Waals surface area (Å²) in [6, 6.07) is 1.23. The van der Waals surface area contributed by atoms with Crippen molar-refractivity contribution in [2.45, 2.75) is 33.3 Å². The first-order valence-electron chi connectivity index (χ1n) is 5.06. The second-order valence-electron chi connectivity index (χ2n) is 4.63. The van der Waals surface area contributed by atoms with Crippen molar-refractivity contribution in [1.82, 2.24) is 0 Å². The second-order valence-corrected chi connectivity index (χ2v) is 4.63. The Balaban J connectivity index is 3.31. The Bertz CT molecular complexity index is 417. The van der Waals surface area contributed by atoms with Crippen molar-refractivity contribution in [2.75, 3.05) is 0 Å². The standard InChI is InChI=1S/C13H16F2O/c1-6-9-7-10(14)12(11(15)8(9)2)16-13(3,4)5/h6-7H,1H2,2-5H3. The molecule has 0 heterocycles. The van der Waals surface area contributed by atoms with Gasteiger partial charge in [0.05, 0.1) is 0 Å². The van der Waals surface area contributed by atoms with Crippen molar-refractivity contribution in [3.8, 4) is 5.75 Å². The van der Waals surface area contributed by atoms with Crippen LogP contribution < -0.4 is 4.74 Å². The molecule has 1 nitrogen and oxygen atoms in total. The van der Waals surface area contributed by atoms with Crippen LogP contribution >= 0.6 is 0 Å². The van der Waals surface area contributed by atoms with Gasteiger partial charge < -0.3 is 4.74 Å². The van der Waals surface area contributed by atoms with Crippen molar-refractivity contribution in [1.29, 1.82) is 0 Å². The lowest BCUT2D eigenvalue weighted by Gasteiger charge is -2.22. The molecule has 0 unspecified atom stereocenters. The number of hydrogen-bond acceptors (Lipinski definition) is 1. The highest BCUT2D eigenvalue weighted by atomic mass is 19.1. The lowest BCUT2D eigenvalue weighted by molar-refractivity contribution is 0.117. The van der Waals surface area contributed by atoms with E-state index in [2.05, 4.69) is 6.58 Å². The smallest absolute Gasteiger partial charge is 0.191 e. The molecule has 0 radical (unpaired) electrons. The highest BCUT2D eigenvalue weighted by Gasteiger charge is 2.21. The summed E-state index contributed by atoms with van der Waals surface area (Å²) in [6.45, 7) is 10.3. The van der Waals surface area contributed by atoms with E-state index in [4.69, 9.17) is 4.74 Å². The number of ether oxygens (including phenoxy) is 1. The van der Waals surface area contributed by atoms with Crippen molar-refractivity contribution >= 4 is 6.08 Å². The minimum absolute atomic E-state index is 0.324. The van der Waals surface area contributed by atoms with Crippen LogP contribution in [0.2, 0.25) is 0 Å². The first-order valence-corrected chi connectivity index (χ1v) is 5.06. The molecule has 0 aliphatic carbocycles. The van der Waals surface area contributed by atoms with Gasteiger partial charge in [-0.1, -0.05) is 12.7 Å². The molecular formula is C13H16F2O. The summed E-state index contributed by atoms with van der Waals surface area (Å²) in [6.07, 6.45) is 1.42. The van der Waals surface area contributed by atoms with Gasteiger partial charge >= 0.3 is 0 Å². The zero-order valence-corrected chi connectivity index (χ0v) is 10.0. The molecule has 1 aromatic carbocycles. The molecular weight excluding hydrogens is 210 g/mol. The van der Waals surface area contributed by atoms with Gasteiger partial charge in [-0.2, -0.15) is 0 Å². The Morgan fingerprint density at radius 3 is 2.31 bits per heavy atom. The molecule has 0 saturated heterocycles. The third-order valence-electron chi connectivity index (χ3n) is 2.09. The SMILES string of the molecule is C=Cc1cc(F)c(OC(C)(C)C)c(F)c1C. The zero-order valence-electron chi connectivity index (χ0n) is 10.0. The van der Waals surface area contributed by atoms with E-state index in [9.17, 15) is 8.78 Å². The van der Waals surface area contributed by atoms with E-state index >= 15 is 0 Å². The Morgan fingerprint density at radius 1 is 1.31 bits per heavy atom. The van der Waals surface area contributed by atoms with Gasteiger partial charge in [0, 0.05) is 0 Å². The zero-order chi connectivity index (χ0) is 12.5. The third kappa shape index (κ3) is 2.60. The van der Waals surface area contributed by atoms with Crippen LogP contribution in [-0.4, -0.2) is 5.60 Å². The monoisotopic (exact) mass is 226 g/mol. The van der Waals surface area contributed by atoms with E-state index in [1.165, 1.54) is 12.1 Å². The van der Waals surface area contributed by atoms with Gasteiger partial charge in [0.25, 0.3) is 0 Å². The largest absolute Gasteiger partial charge is 0.482 e. The Labute approximate surface area is 94.7 Å². The summed E-state index contributed by atoms with van der Waals surface area (Å²) < 4.78 is 32.7. The van der Waals surface area contributed by atoms with Crippen molar-refractivity contribution in [3.05, 3.63) is 35.4 Å². The molecule has 88 valence electrons. The molecule has 0 aromatic heterocycles. The van der Waals surface area contributed by atoms with Gasteiger partial charge in [0.1, 0.15) is 5.60 Å². The summed E-state index contributed by atoms with van der Waals surface area (Å²) in [5.41, 5.74) is 0.149. The fourth-order valence-electron chi connectivity index (χ4n) is 1.32. The van der Waals surface area contributed by atoms with E-state index < -0.39 is 17.2 Å². The molecule has 0 atom stereocenters. The summed E-state index contributed by atoms with van der Waals surface area (Å²) in [5.74, 6) is -1.69. The summed E-state index contributed by atoms with van der Waals surface area (Å²) in [4.78, 5) is 0. The number of benzene rings is 1. The number of halogens is 2. The Hall–Kier alpha value is -1.38. The van der Waals surface area contributed by atoms with E-state index in [-0.39, 0.29) is 5.75 Å². The number of hydrogen-bond donors (Lipinski definition) is 0. The van der Waals surface area contributed by atoms with E-state index in [1.54, 1.807) is 27.7 Å². The maximum absolute atomic E-state index is 13.8. The van der Waals surface area contributed by atoms with Crippen LogP contribution in [0.1, 0.15) is 31.9 Å². The van der Waals surface area contributed by atoms with Crippen LogP contribution in [0, 0.1) is 18.6 Å². The highest BCUT2D eigenvalue weighted by Crippen LogP contribution is 2.30. The molecule has 0 aliphatic heterocycles.